The van der Waals surface area contributed by atoms with Crippen LogP contribution in [0.1, 0.15) is 47.9 Å². The van der Waals surface area contributed by atoms with Gasteiger partial charge in [-0.15, -0.1) is 0 Å². The van der Waals surface area contributed by atoms with Crippen LogP contribution in [0.5, 0.6) is 0 Å². The number of fused-ring (bicyclic) bond motifs is 1. The van der Waals surface area contributed by atoms with E-state index in [1.807, 2.05) is 0 Å². The first-order chi connectivity index (χ1) is 8.93. The third-order valence-corrected chi connectivity index (χ3v) is 3.48. The van der Waals surface area contributed by atoms with Crippen LogP contribution in [0.15, 0.2) is 35.4 Å². The molecule has 0 amide bonds. The number of rotatable bonds is 3. The molecule has 0 atom stereocenters. The van der Waals surface area contributed by atoms with Gasteiger partial charge in [-0.25, -0.2) is 0 Å². The van der Waals surface area contributed by atoms with Crippen molar-refractivity contribution < 1.29 is 14.4 Å². The van der Waals surface area contributed by atoms with Crippen molar-refractivity contribution in [3.8, 4) is 0 Å². The van der Waals surface area contributed by atoms with Crippen LogP contribution in [-0.2, 0) is 4.79 Å². The molecule has 3 nitrogen and oxygen atoms in total. The zero-order chi connectivity index (χ0) is 14.2. The minimum absolute atomic E-state index is 0.0186. The summed E-state index contributed by atoms with van der Waals surface area (Å²) in [5, 5.41) is 0. The molecular weight excluding hydrogens is 240 g/mol. The smallest absolute Gasteiger partial charge is 0.190 e. The number of ketones is 3. The van der Waals surface area contributed by atoms with Crippen molar-refractivity contribution in [3.05, 3.63) is 46.5 Å². The standard InChI is InChI=1S/C16H16O3/c1-9(2)14(17)8-13-10(3)15(18)11-6-4-5-7-12(11)16(13)19/h4-7,9H,8H2,1-3H3. The lowest BCUT2D eigenvalue weighted by atomic mass is 9.82. The molecule has 1 aliphatic rings. The van der Waals surface area contributed by atoms with Gasteiger partial charge >= 0.3 is 0 Å². The lowest BCUT2D eigenvalue weighted by Gasteiger charge is -2.19. The first-order valence-electron chi connectivity index (χ1n) is 6.34. The lowest BCUT2D eigenvalue weighted by Crippen LogP contribution is -2.23. The van der Waals surface area contributed by atoms with Crippen LogP contribution < -0.4 is 0 Å². The summed E-state index contributed by atoms with van der Waals surface area (Å²) in [6, 6.07) is 6.76. The molecule has 1 aromatic carbocycles. The summed E-state index contributed by atoms with van der Waals surface area (Å²) >= 11 is 0. The van der Waals surface area contributed by atoms with Crippen LogP contribution in [0.2, 0.25) is 0 Å². The highest BCUT2D eigenvalue weighted by Crippen LogP contribution is 2.28. The summed E-state index contributed by atoms with van der Waals surface area (Å²) in [7, 11) is 0. The normalized spacial score (nSPS) is 14.9. The van der Waals surface area contributed by atoms with Crippen molar-refractivity contribution in [3.63, 3.8) is 0 Å². The van der Waals surface area contributed by atoms with Gasteiger partial charge in [0.2, 0.25) is 0 Å². The number of hydrogen-bond acceptors (Lipinski definition) is 3. The molecule has 1 aromatic rings. The largest absolute Gasteiger partial charge is 0.299 e. The SMILES string of the molecule is CC1=C(CC(=O)C(C)C)C(=O)c2ccccc2C1=O. The van der Waals surface area contributed by atoms with Gasteiger partial charge in [0.1, 0.15) is 5.78 Å². The second kappa shape index (κ2) is 4.92. The molecule has 0 N–H and O–H groups in total. The average molecular weight is 256 g/mol. The van der Waals surface area contributed by atoms with Crippen molar-refractivity contribution in [1.29, 1.82) is 0 Å². The summed E-state index contributed by atoms with van der Waals surface area (Å²) in [4.78, 5) is 36.4. The first kappa shape index (κ1) is 13.4. The predicted molar refractivity (Wildman–Crippen MR) is 72.3 cm³/mol. The van der Waals surface area contributed by atoms with E-state index in [2.05, 4.69) is 0 Å². The number of hydrogen-bond donors (Lipinski definition) is 0. The number of allylic oxidation sites excluding steroid dienone is 2. The fourth-order valence-electron chi connectivity index (χ4n) is 2.14. The quantitative estimate of drug-likeness (QED) is 0.835. The van der Waals surface area contributed by atoms with Crippen molar-refractivity contribution >= 4 is 17.3 Å². The van der Waals surface area contributed by atoms with E-state index in [9.17, 15) is 14.4 Å². The van der Waals surface area contributed by atoms with E-state index in [1.54, 1.807) is 45.0 Å². The summed E-state index contributed by atoms with van der Waals surface area (Å²) in [6.45, 7) is 5.21. The second-order valence-electron chi connectivity index (χ2n) is 5.11. The van der Waals surface area contributed by atoms with Gasteiger partial charge in [-0.05, 0) is 6.92 Å². The van der Waals surface area contributed by atoms with Gasteiger partial charge in [-0.2, -0.15) is 0 Å². The van der Waals surface area contributed by atoms with Gasteiger partial charge in [0, 0.05) is 34.6 Å². The Hall–Kier alpha value is -2.03. The molecule has 0 bridgehead atoms. The number of Topliss-reactive ketones (excluding diaryl/α,β-unsaturated/α-hetero) is 3. The monoisotopic (exact) mass is 256 g/mol. The van der Waals surface area contributed by atoms with Gasteiger partial charge in [0.25, 0.3) is 0 Å². The fourth-order valence-corrected chi connectivity index (χ4v) is 2.14. The Bertz CT molecular complexity index is 606. The van der Waals surface area contributed by atoms with Crippen molar-refractivity contribution in [2.45, 2.75) is 27.2 Å². The molecule has 3 heteroatoms. The Labute approximate surface area is 112 Å². The maximum absolute atomic E-state index is 12.4. The Morgan fingerprint density at radius 3 is 2.11 bits per heavy atom. The highest BCUT2D eigenvalue weighted by molar-refractivity contribution is 6.27. The van der Waals surface area contributed by atoms with Crippen molar-refractivity contribution in [2.75, 3.05) is 0 Å². The van der Waals surface area contributed by atoms with Gasteiger partial charge < -0.3 is 0 Å². The zero-order valence-electron chi connectivity index (χ0n) is 11.3. The Kier molecular flexibility index (Phi) is 3.47. The Morgan fingerprint density at radius 2 is 1.58 bits per heavy atom. The summed E-state index contributed by atoms with van der Waals surface area (Å²) in [5.41, 5.74) is 1.59. The molecule has 19 heavy (non-hydrogen) atoms. The molecule has 0 fully saturated rings. The van der Waals surface area contributed by atoms with E-state index in [0.29, 0.717) is 22.3 Å². The molecule has 1 aliphatic carbocycles. The number of benzene rings is 1. The maximum atomic E-state index is 12.4. The van der Waals surface area contributed by atoms with Gasteiger partial charge in [0.15, 0.2) is 11.6 Å². The molecule has 0 saturated carbocycles. The summed E-state index contributed by atoms with van der Waals surface area (Å²) in [6.07, 6.45) is 0.0441. The van der Waals surface area contributed by atoms with E-state index in [0.717, 1.165) is 0 Å². The van der Waals surface area contributed by atoms with Crippen LogP contribution in [0, 0.1) is 5.92 Å². The van der Waals surface area contributed by atoms with E-state index in [-0.39, 0.29) is 29.7 Å². The van der Waals surface area contributed by atoms with Crippen LogP contribution >= 0.6 is 0 Å². The van der Waals surface area contributed by atoms with Crippen LogP contribution in [0.25, 0.3) is 0 Å². The molecule has 0 heterocycles. The topological polar surface area (TPSA) is 51.2 Å². The molecule has 0 aliphatic heterocycles. The fraction of sp³-hybridized carbons (Fsp3) is 0.312. The Balaban J connectivity index is 2.46. The van der Waals surface area contributed by atoms with Crippen LogP contribution in [0.3, 0.4) is 0 Å². The molecule has 0 aromatic heterocycles. The van der Waals surface area contributed by atoms with Crippen LogP contribution in [0.4, 0.5) is 0 Å². The van der Waals surface area contributed by atoms with Gasteiger partial charge in [-0.1, -0.05) is 38.1 Å². The van der Waals surface area contributed by atoms with E-state index < -0.39 is 0 Å². The molecule has 0 radical (unpaired) electrons. The van der Waals surface area contributed by atoms with Gasteiger partial charge in [0.05, 0.1) is 0 Å². The minimum atomic E-state index is -0.193. The molecule has 0 unspecified atom stereocenters. The van der Waals surface area contributed by atoms with E-state index in [4.69, 9.17) is 0 Å². The first-order valence-corrected chi connectivity index (χ1v) is 6.34. The number of carbonyl (C=O) groups excluding carboxylic acids is 3. The van der Waals surface area contributed by atoms with Crippen molar-refractivity contribution in [1.82, 2.24) is 0 Å². The molecule has 0 saturated heterocycles. The summed E-state index contributed by atoms with van der Waals surface area (Å²) < 4.78 is 0. The second-order valence-corrected chi connectivity index (χ2v) is 5.11. The predicted octanol–water partition coefficient (Wildman–Crippen LogP) is 3.00. The molecule has 98 valence electrons. The van der Waals surface area contributed by atoms with Crippen molar-refractivity contribution in [2.24, 2.45) is 5.92 Å². The van der Waals surface area contributed by atoms with E-state index in [1.165, 1.54) is 0 Å². The third kappa shape index (κ3) is 2.28. The Morgan fingerprint density at radius 1 is 1.05 bits per heavy atom. The molecular formula is C16H16O3. The lowest BCUT2D eigenvalue weighted by molar-refractivity contribution is -0.121. The van der Waals surface area contributed by atoms with Crippen LogP contribution in [-0.4, -0.2) is 17.3 Å². The highest BCUT2D eigenvalue weighted by atomic mass is 16.1. The molecule has 2 rings (SSSR count). The summed E-state index contributed by atoms with van der Waals surface area (Å²) in [5.74, 6) is -0.501. The minimum Gasteiger partial charge on any atom is -0.299 e. The van der Waals surface area contributed by atoms with E-state index >= 15 is 0 Å². The average Bonchev–Trinajstić information content (AvgIpc) is 2.40. The maximum Gasteiger partial charge on any atom is 0.190 e. The molecule has 0 spiro atoms. The number of carbonyl (C=O) groups is 3. The third-order valence-electron chi connectivity index (χ3n) is 3.48. The zero-order valence-corrected chi connectivity index (χ0v) is 11.3. The highest BCUT2D eigenvalue weighted by Gasteiger charge is 2.30. The van der Waals surface area contributed by atoms with Gasteiger partial charge in [-0.3, -0.25) is 14.4 Å².